The van der Waals surface area contributed by atoms with Gasteiger partial charge in [-0.25, -0.2) is 14.4 Å². The lowest BCUT2D eigenvalue weighted by Gasteiger charge is -2.12. The molecule has 0 saturated heterocycles. The number of ether oxygens (including phenoxy) is 1. The second-order valence-electron chi connectivity index (χ2n) is 3.84. The van der Waals surface area contributed by atoms with Crippen molar-refractivity contribution >= 4 is 5.82 Å². The van der Waals surface area contributed by atoms with Gasteiger partial charge >= 0.3 is 0 Å². The fourth-order valence-electron chi connectivity index (χ4n) is 1.76. The largest absolute Gasteiger partial charge is 0.491 e. The van der Waals surface area contributed by atoms with Gasteiger partial charge in [0.15, 0.2) is 11.6 Å². The van der Waals surface area contributed by atoms with Gasteiger partial charge in [-0.1, -0.05) is 11.6 Å². The molecule has 0 radical (unpaired) electrons. The first-order chi connectivity index (χ1) is 8.67. The number of hydrogen-bond donors (Lipinski definition) is 1. The highest BCUT2D eigenvalue weighted by Crippen LogP contribution is 2.34. The average molecular weight is 247 g/mol. The van der Waals surface area contributed by atoms with E-state index in [9.17, 15) is 4.39 Å². The number of nitrogens with one attached hydrogen (secondary N) is 1. The first-order valence-electron chi connectivity index (χ1n) is 5.50. The van der Waals surface area contributed by atoms with Gasteiger partial charge in [0.2, 0.25) is 0 Å². The average Bonchev–Trinajstić information content (AvgIpc) is 2.40. The number of aryl methyl sites for hydroxylation is 1. The summed E-state index contributed by atoms with van der Waals surface area (Å²) < 4.78 is 19.1. The monoisotopic (exact) mass is 247 g/mol. The standard InChI is InChI=1S/C13H14FN3O/c1-8-4-5-10(14)9(6-8)11-12(18-3)13(15-2)17-7-16-11/h4-7H,1-3H3,(H,15,16,17). The van der Waals surface area contributed by atoms with Gasteiger partial charge in [0.25, 0.3) is 0 Å². The molecule has 0 fully saturated rings. The summed E-state index contributed by atoms with van der Waals surface area (Å²) in [5.41, 5.74) is 1.81. The number of benzene rings is 1. The third-order valence-corrected chi connectivity index (χ3v) is 2.62. The van der Waals surface area contributed by atoms with Crippen LogP contribution in [0, 0.1) is 12.7 Å². The molecule has 0 saturated carbocycles. The van der Waals surface area contributed by atoms with E-state index in [4.69, 9.17) is 4.74 Å². The zero-order valence-electron chi connectivity index (χ0n) is 10.5. The Bertz CT molecular complexity index is 572. The van der Waals surface area contributed by atoms with Crippen molar-refractivity contribution < 1.29 is 9.13 Å². The Labute approximate surface area is 105 Å². The van der Waals surface area contributed by atoms with Crippen LogP contribution < -0.4 is 10.1 Å². The Kier molecular flexibility index (Phi) is 3.41. The molecule has 1 heterocycles. The van der Waals surface area contributed by atoms with Crippen molar-refractivity contribution in [3.63, 3.8) is 0 Å². The smallest absolute Gasteiger partial charge is 0.187 e. The summed E-state index contributed by atoms with van der Waals surface area (Å²) in [6.07, 6.45) is 1.38. The van der Waals surface area contributed by atoms with Crippen molar-refractivity contribution in [3.8, 4) is 17.0 Å². The second-order valence-corrected chi connectivity index (χ2v) is 3.84. The van der Waals surface area contributed by atoms with Crippen LogP contribution in [0.2, 0.25) is 0 Å². The second kappa shape index (κ2) is 5.00. The molecule has 0 aliphatic rings. The van der Waals surface area contributed by atoms with Gasteiger partial charge < -0.3 is 10.1 Å². The Morgan fingerprint density at radius 2 is 2.06 bits per heavy atom. The van der Waals surface area contributed by atoms with Gasteiger partial charge in [-0.2, -0.15) is 0 Å². The van der Waals surface area contributed by atoms with Crippen molar-refractivity contribution in [3.05, 3.63) is 35.9 Å². The molecule has 0 amide bonds. The fourth-order valence-corrected chi connectivity index (χ4v) is 1.76. The van der Waals surface area contributed by atoms with Crippen LogP contribution >= 0.6 is 0 Å². The van der Waals surface area contributed by atoms with Crippen molar-refractivity contribution in [2.24, 2.45) is 0 Å². The number of hydrogen-bond acceptors (Lipinski definition) is 4. The lowest BCUT2D eigenvalue weighted by atomic mass is 10.1. The number of methoxy groups -OCH3 is 1. The van der Waals surface area contributed by atoms with Gasteiger partial charge in [0, 0.05) is 12.6 Å². The lowest BCUT2D eigenvalue weighted by Crippen LogP contribution is -2.01. The van der Waals surface area contributed by atoms with Crippen molar-refractivity contribution in [1.82, 2.24) is 9.97 Å². The first-order valence-corrected chi connectivity index (χ1v) is 5.50. The topological polar surface area (TPSA) is 47.0 Å². The van der Waals surface area contributed by atoms with Crippen LogP contribution in [0.4, 0.5) is 10.2 Å². The molecule has 94 valence electrons. The molecule has 2 rings (SSSR count). The number of rotatable bonds is 3. The van der Waals surface area contributed by atoms with E-state index in [0.717, 1.165) is 5.56 Å². The van der Waals surface area contributed by atoms with E-state index in [1.165, 1.54) is 19.5 Å². The first kappa shape index (κ1) is 12.3. The third-order valence-electron chi connectivity index (χ3n) is 2.62. The molecular weight excluding hydrogens is 233 g/mol. The predicted molar refractivity (Wildman–Crippen MR) is 68.3 cm³/mol. The van der Waals surface area contributed by atoms with E-state index in [1.54, 1.807) is 19.2 Å². The number of anilines is 1. The minimum atomic E-state index is -0.334. The van der Waals surface area contributed by atoms with Crippen molar-refractivity contribution in [2.45, 2.75) is 6.92 Å². The minimum absolute atomic E-state index is 0.334. The van der Waals surface area contributed by atoms with E-state index in [2.05, 4.69) is 15.3 Å². The zero-order chi connectivity index (χ0) is 13.1. The third kappa shape index (κ3) is 2.11. The summed E-state index contributed by atoms with van der Waals surface area (Å²) in [4.78, 5) is 8.15. The molecule has 0 atom stereocenters. The van der Waals surface area contributed by atoms with Gasteiger partial charge in [0.1, 0.15) is 17.8 Å². The van der Waals surface area contributed by atoms with Crippen LogP contribution in [0.15, 0.2) is 24.5 Å². The molecule has 4 nitrogen and oxygen atoms in total. The molecule has 5 heteroatoms. The molecule has 0 aliphatic heterocycles. The van der Waals surface area contributed by atoms with E-state index in [0.29, 0.717) is 22.8 Å². The maximum atomic E-state index is 13.9. The summed E-state index contributed by atoms with van der Waals surface area (Å²) in [6.45, 7) is 1.90. The molecule has 0 aliphatic carbocycles. The Morgan fingerprint density at radius 1 is 1.28 bits per heavy atom. The minimum Gasteiger partial charge on any atom is -0.491 e. The van der Waals surface area contributed by atoms with E-state index in [-0.39, 0.29) is 5.82 Å². The molecule has 1 N–H and O–H groups in total. The SMILES string of the molecule is CNc1ncnc(-c2cc(C)ccc2F)c1OC. The summed E-state index contributed by atoms with van der Waals surface area (Å²) in [7, 11) is 3.23. The van der Waals surface area contributed by atoms with E-state index in [1.807, 2.05) is 6.92 Å². The molecule has 0 bridgehead atoms. The number of aromatic nitrogens is 2. The van der Waals surface area contributed by atoms with Crippen LogP contribution in [-0.4, -0.2) is 24.1 Å². The molecule has 1 aromatic carbocycles. The molecule has 1 aromatic heterocycles. The van der Waals surface area contributed by atoms with Crippen molar-refractivity contribution in [2.75, 3.05) is 19.5 Å². The van der Waals surface area contributed by atoms with Gasteiger partial charge in [-0.3, -0.25) is 0 Å². The zero-order valence-corrected chi connectivity index (χ0v) is 10.5. The molecule has 0 spiro atoms. The van der Waals surface area contributed by atoms with Crippen LogP contribution in [0.1, 0.15) is 5.56 Å². The Morgan fingerprint density at radius 3 is 2.72 bits per heavy atom. The predicted octanol–water partition coefficient (Wildman–Crippen LogP) is 2.64. The summed E-state index contributed by atoms with van der Waals surface area (Å²) in [5.74, 6) is 0.632. The highest BCUT2D eigenvalue weighted by atomic mass is 19.1. The van der Waals surface area contributed by atoms with Crippen LogP contribution in [0.25, 0.3) is 11.3 Å². The summed E-state index contributed by atoms with van der Waals surface area (Å²) in [5, 5.41) is 2.89. The fraction of sp³-hybridized carbons (Fsp3) is 0.231. The van der Waals surface area contributed by atoms with Gasteiger partial charge in [0.05, 0.1) is 7.11 Å². The van der Waals surface area contributed by atoms with Gasteiger partial charge in [-0.05, 0) is 19.1 Å². The highest BCUT2D eigenvalue weighted by molar-refractivity contribution is 5.73. The normalized spacial score (nSPS) is 10.2. The van der Waals surface area contributed by atoms with Crippen LogP contribution in [0.5, 0.6) is 5.75 Å². The summed E-state index contributed by atoms with van der Waals surface area (Å²) >= 11 is 0. The maximum absolute atomic E-state index is 13.9. The molecule has 2 aromatic rings. The molecule has 18 heavy (non-hydrogen) atoms. The molecule has 0 unspecified atom stereocenters. The molecular formula is C13H14FN3O. The van der Waals surface area contributed by atoms with Crippen molar-refractivity contribution in [1.29, 1.82) is 0 Å². The van der Waals surface area contributed by atoms with Crippen LogP contribution in [-0.2, 0) is 0 Å². The summed E-state index contributed by atoms with van der Waals surface area (Å²) in [6, 6.07) is 4.87. The lowest BCUT2D eigenvalue weighted by molar-refractivity contribution is 0.414. The Hall–Kier alpha value is -2.17. The quantitative estimate of drug-likeness (QED) is 0.905. The highest BCUT2D eigenvalue weighted by Gasteiger charge is 2.16. The number of halogens is 1. The van der Waals surface area contributed by atoms with Gasteiger partial charge in [-0.15, -0.1) is 0 Å². The number of nitrogens with zero attached hydrogens (tertiary/aromatic N) is 2. The van der Waals surface area contributed by atoms with Crippen LogP contribution in [0.3, 0.4) is 0 Å². The van der Waals surface area contributed by atoms with E-state index >= 15 is 0 Å². The maximum Gasteiger partial charge on any atom is 0.187 e. The Balaban J connectivity index is 2.66. The van der Waals surface area contributed by atoms with E-state index < -0.39 is 0 Å².